The average Bonchev–Trinajstić information content (AvgIpc) is 3.27. The van der Waals surface area contributed by atoms with Crippen molar-refractivity contribution in [2.75, 3.05) is 6.61 Å². The lowest BCUT2D eigenvalue weighted by Crippen LogP contribution is -2.40. The molecule has 0 radical (unpaired) electrons. The zero-order valence-electron chi connectivity index (χ0n) is 14.9. The number of rotatable bonds is 7. The van der Waals surface area contributed by atoms with Gasteiger partial charge >= 0.3 is 0 Å². The summed E-state index contributed by atoms with van der Waals surface area (Å²) in [5, 5.41) is 17.7. The maximum Gasteiger partial charge on any atom is 0.0644 e. The highest BCUT2D eigenvalue weighted by molar-refractivity contribution is 5.24. The molecule has 1 heterocycles. The highest BCUT2D eigenvalue weighted by Gasteiger charge is 2.33. The number of nitrogens with zero attached hydrogens (tertiary/aromatic N) is 2. The predicted molar refractivity (Wildman–Crippen MR) is 93.3 cm³/mol. The third-order valence-electron chi connectivity index (χ3n) is 6.17. The van der Waals surface area contributed by atoms with Crippen molar-refractivity contribution in [2.45, 2.75) is 84.3 Å². The Morgan fingerprint density at radius 3 is 2.17 bits per heavy atom. The molecule has 2 aliphatic carbocycles. The molecule has 2 N–H and O–H groups in total. The van der Waals surface area contributed by atoms with E-state index in [0.29, 0.717) is 12.6 Å². The highest BCUT2D eigenvalue weighted by atomic mass is 16.3. The Bertz CT molecular complexity index is 483. The quantitative estimate of drug-likeness (QED) is 0.810. The van der Waals surface area contributed by atoms with Crippen LogP contribution >= 0.6 is 0 Å². The molecule has 0 aliphatic heterocycles. The molecule has 2 aliphatic rings. The fraction of sp³-hybridized carbons (Fsp3) is 0.842. The van der Waals surface area contributed by atoms with Crippen molar-refractivity contribution in [3.63, 3.8) is 0 Å². The summed E-state index contributed by atoms with van der Waals surface area (Å²) >= 11 is 0. The standard InChI is InChI=1S/C19H33N3O/c1-14-18(15(2)22(21-14)11-12-23)13-20-19(16-7-3-4-8-16)17-9-5-6-10-17/h16-17,19-20,23H,3-13H2,1-2H3. The van der Waals surface area contributed by atoms with Crippen LogP contribution in [0.2, 0.25) is 0 Å². The van der Waals surface area contributed by atoms with Gasteiger partial charge in [0.1, 0.15) is 0 Å². The average molecular weight is 319 g/mol. The van der Waals surface area contributed by atoms with E-state index in [1.54, 1.807) is 0 Å². The molecule has 0 spiro atoms. The summed E-state index contributed by atoms with van der Waals surface area (Å²) in [6, 6.07) is 0.694. The summed E-state index contributed by atoms with van der Waals surface area (Å²) in [5.74, 6) is 1.76. The molecule has 130 valence electrons. The van der Waals surface area contributed by atoms with E-state index in [0.717, 1.165) is 24.1 Å². The van der Waals surface area contributed by atoms with Gasteiger partial charge in [-0.1, -0.05) is 25.7 Å². The van der Waals surface area contributed by atoms with Gasteiger partial charge in [0.2, 0.25) is 0 Å². The monoisotopic (exact) mass is 319 g/mol. The molecule has 2 fully saturated rings. The van der Waals surface area contributed by atoms with Gasteiger partial charge in [-0.2, -0.15) is 5.10 Å². The minimum absolute atomic E-state index is 0.154. The van der Waals surface area contributed by atoms with Crippen LogP contribution in [0.3, 0.4) is 0 Å². The Balaban J connectivity index is 1.68. The lowest BCUT2D eigenvalue weighted by Gasteiger charge is -2.30. The lowest BCUT2D eigenvalue weighted by atomic mass is 9.85. The number of hydrogen-bond donors (Lipinski definition) is 2. The van der Waals surface area contributed by atoms with E-state index in [9.17, 15) is 5.11 Å². The second-order valence-electron chi connectivity index (χ2n) is 7.59. The van der Waals surface area contributed by atoms with Gasteiger partial charge in [0.15, 0.2) is 0 Å². The van der Waals surface area contributed by atoms with Crippen molar-refractivity contribution in [3.05, 3.63) is 17.0 Å². The maximum atomic E-state index is 9.17. The molecule has 4 nitrogen and oxygen atoms in total. The zero-order chi connectivity index (χ0) is 16.2. The molecule has 23 heavy (non-hydrogen) atoms. The van der Waals surface area contributed by atoms with Crippen molar-refractivity contribution < 1.29 is 5.11 Å². The van der Waals surface area contributed by atoms with Gasteiger partial charge in [-0.15, -0.1) is 0 Å². The molecule has 3 rings (SSSR count). The Labute approximate surface area is 140 Å². The minimum atomic E-state index is 0.154. The summed E-state index contributed by atoms with van der Waals surface area (Å²) in [6.07, 6.45) is 11.3. The first kappa shape index (κ1) is 17.0. The Hall–Kier alpha value is -0.870. The summed E-state index contributed by atoms with van der Waals surface area (Å²) in [6.45, 7) is 5.91. The van der Waals surface area contributed by atoms with Crippen LogP contribution in [-0.2, 0) is 13.1 Å². The molecule has 0 aromatic carbocycles. The molecule has 0 saturated heterocycles. The third-order valence-corrected chi connectivity index (χ3v) is 6.17. The number of hydrogen-bond acceptors (Lipinski definition) is 3. The Morgan fingerprint density at radius 1 is 1.09 bits per heavy atom. The SMILES string of the molecule is Cc1nn(CCO)c(C)c1CNC(C1CCCC1)C1CCCC1. The van der Waals surface area contributed by atoms with Crippen LogP contribution in [0.4, 0.5) is 0 Å². The van der Waals surface area contributed by atoms with E-state index in [2.05, 4.69) is 24.3 Å². The van der Waals surface area contributed by atoms with Gasteiger partial charge in [0.25, 0.3) is 0 Å². The van der Waals surface area contributed by atoms with Crippen LogP contribution in [-0.4, -0.2) is 27.5 Å². The molecule has 2 saturated carbocycles. The van der Waals surface area contributed by atoms with Crippen molar-refractivity contribution in [2.24, 2.45) is 11.8 Å². The zero-order valence-corrected chi connectivity index (χ0v) is 14.9. The fourth-order valence-corrected chi connectivity index (χ4v) is 4.87. The number of aromatic nitrogens is 2. The minimum Gasteiger partial charge on any atom is -0.394 e. The molecule has 1 aromatic rings. The largest absolute Gasteiger partial charge is 0.394 e. The van der Waals surface area contributed by atoms with E-state index in [4.69, 9.17) is 0 Å². The number of aliphatic hydroxyl groups is 1. The predicted octanol–water partition coefficient (Wildman–Crippen LogP) is 3.33. The number of aryl methyl sites for hydroxylation is 1. The van der Waals surface area contributed by atoms with Crippen LogP contribution < -0.4 is 5.32 Å². The first-order valence-corrected chi connectivity index (χ1v) is 9.58. The van der Waals surface area contributed by atoms with Crippen LogP contribution in [0, 0.1) is 25.7 Å². The number of aliphatic hydroxyl groups excluding tert-OH is 1. The molecular formula is C19H33N3O. The van der Waals surface area contributed by atoms with Gasteiger partial charge in [0, 0.05) is 23.8 Å². The molecule has 0 bridgehead atoms. The smallest absolute Gasteiger partial charge is 0.0644 e. The van der Waals surface area contributed by atoms with E-state index < -0.39 is 0 Å². The van der Waals surface area contributed by atoms with Crippen LogP contribution in [0.15, 0.2) is 0 Å². The van der Waals surface area contributed by atoms with Gasteiger partial charge in [-0.25, -0.2) is 0 Å². The number of nitrogens with one attached hydrogen (secondary N) is 1. The van der Waals surface area contributed by atoms with Crippen molar-refractivity contribution >= 4 is 0 Å². The maximum absolute atomic E-state index is 9.17. The first-order chi connectivity index (χ1) is 11.2. The molecule has 0 amide bonds. The summed E-state index contributed by atoms with van der Waals surface area (Å²) < 4.78 is 1.95. The van der Waals surface area contributed by atoms with Crippen molar-refractivity contribution in [3.8, 4) is 0 Å². The Morgan fingerprint density at radius 2 is 1.65 bits per heavy atom. The summed E-state index contributed by atoms with van der Waals surface area (Å²) in [5.41, 5.74) is 3.65. The van der Waals surface area contributed by atoms with E-state index >= 15 is 0 Å². The first-order valence-electron chi connectivity index (χ1n) is 9.58. The molecule has 0 atom stereocenters. The second kappa shape index (κ2) is 7.80. The van der Waals surface area contributed by atoms with Crippen molar-refractivity contribution in [1.29, 1.82) is 0 Å². The fourth-order valence-electron chi connectivity index (χ4n) is 4.87. The molecule has 4 heteroatoms. The van der Waals surface area contributed by atoms with Crippen molar-refractivity contribution in [1.82, 2.24) is 15.1 Å². The van der Waals surface area contributed by atoms with E-state index in [-0.39, 0.29) is 6.61 Å². The highest BCUT2D eigenvalue weighted by Crippen LogP contribution is 2.37. The Kier molecular flexibility index (Phi) is 5.76. The van der Waals surface area contributed by atoms with Crippen LogP contribution in [0.25, 0.3) is 0 Å². The third kappa shape index (κ3) is 3.80. The van der Waals surface area contributed by atoms with Gasteiger partial charge < -0.3 is 10.4 Å². The topological polar surface area (TPSA) is 50.1 Å². The van der Waals surface area contributed by atoms with Gasteiger partial charge in [-0.3, -0.25) is 4.68 Å². The van der Waals surface area contributed by atoms with E-state index in [1.807, 2.05) is 4.68 Å². The van der Waals surface area contributed by atoms with Gasteiger partial charge in [0.05, 0.1) is 18.8 Å². The summed E-state index contributed by atoms with van der Waals surface area (Å²) in [7, 11) is 0. The molecular weight excluding hydrogens is 286 g/mol. The van der Waals surface area contributed by atoms with E-state index in [1.165, 1.54) is 62.6 Å². The second-order valence-corrected chi connectivity index (χ2v) is 7.59. The molecule has 1 aromatic heterocycles. The van der Waals surface area contributed by atoms with Crippen LogP contribution in [0.5, 0.6) is 0 Å². The van der Waals surface area contributed by atoms with Crippen LogP contribution in [0.1, 0.15) is 68.3 Å². The summed E-state index contributed by atoms with van der Waals surface area (Å²) in [4.78, 5) is 0. The normalized spacial score (nSPS) is 20.2. The molecule has 0 unspecified atom stereocenters. The lowest BCUT2D eigenvalue weighted by molar-refractivity contribution is 0.258. The van der Waals surface area contributed by atoms with Gasteiger partial charge in [-0.05, 0) is 51.4 Å².